The van der Waals surface area contributed by atoms with Crippen LogP contribution in [0.25, 0.3) is 0 Å². The molecule has 0 aromatic heterocycles. The zero-order valence-electron chi connectivity index (χ0n) is 21.1. The summed E-state index contributed by atoms with van der Waals surface area (Å²) in [6, 6.07) is 27.2. The van der Waals surface area contributed by atoms with Crippen LogP contribution in [-0.4, -0.2) is 0 Å². The molecule has 0 atom stereocenters. The third kappa shape index (κ3) is 10.6. The zero-order valence-corrected chi connectivity index (χ0v) is 21.1. The molecule has 0 unspecified atom stereocenters. The molecule has 3 aromatic rings. The van der Waals surface area contributed by atoms with Crippen LogP contribution < -0.4 is 0 Å². The van der Waals surface area contributed by atoms with Crippen LogP contribution in [0, 0.1) is 24.7 Å². The van der Waals surface area contributed by atoms with Gasteiger partial charge in [-0.05, 0) is 72.9 Å². The van der Waals surface area contributed by atoms with Gasteiger partial charge in [0.1, 0.15) is 0 Å². The van der Waals surface area contributed by atoms with Gasteiger partial charge < -0.3 is 0 Å². The highest BCUT2D eigenvalue weighted by Gasteiger charge is 2.25. The van der Waals surface area contributed by atoms with E-state index in [2.05, 4.69) is 86.4 Å². The van der Waals surface area contributed by atoms with Gasteiger partial charge in [0.05, 0.1) is 0 Å². The minimum Gasteiger partial charge on any atom is -0.115 e. The van der Waals surface area contributed by atoms with E-state index in [1.165, 1.54) is 74.5 Å². The van der Waals surface area contributed by atoms with Crippen molar-refractivity contribution in [1.29, 1.82) is 0 Å². The van der Waals surface area contributed by atoms with Crippen molar-refractivity contribution < 1.29 is 0 Å². The molecule has 0 aliphatic heterocycles. The third-order valence-corrected chi connectivity index (χ3v) is 5.93. The molecular formula is C34H40. The molecule has 0 heterocycles. The second-order valence-electron chi connectivity index (χ2n) is 8.90. The minimum atomic E-state index is 0.666. The standard InChI is InChI=1S/C13H10.C12H18.C9H12/c1-3-10-5-6-11(4-2)13(9-10)12-7-8-12;1-2-3-4-6-9-12-10-7-5-8-11-12;1-2-6-9-7-4-3-5-8-9/h1-2,5-6,9,12H,7-8H2;5,7-8,10-11H,2-4,6,9H2,1H3;3-5,7-8H,2,6H2,1H3. The topological polar surface area (TPSA) is 0 Å². The van der Waals surface area contributed by atoms with Crippen LogP contribution in [0.15, 0.2) is 78.9 Å². The van der Waals surface area contributed by atoms with Gasteiger partial charge in [0.25, 0.3) is 0 Å². The Morgan fingerprint density at radius 1 is 0.676 bits per heavy atom. The normalized spacial score (nSPS) is 11.6. The van der Waals surface area contributed by atoms with Gasteiger partial charge in [0.15, 0.2) is 0 Å². The fourth-order valence-electron chi connectivity index (χ4n) is 3.85. The van der Waals surface area contributed by atoms with Gasteiger partial charge in [0, 0.05) is 11.1 Å². The first kappa shape index (κ1) is 27.0. The number of hydrogen-bond acceptors (Lipinski definition) is 0. The van der Waals surface area contributed by atoms with Crippen LogP contribution in [0.2, 0.25) is 0 Å². The summed E-state index contributed by atoms with van der Waals surface area (Å²) in [6.45, 7) is 4.45. The first-order valence-electron chi connectivity index (χ1n) is 12.9. The fraction of sp³-hybridized carbons (Fsp3) is 0.353. The van der Waals surface area contributed by atoms with Crippen molar-refractivity contribution in [2.75, 3.05) is 0 Å². The Kier molecular flexibility index (Phi) is 13.0. The second kappa shape index (κ2) is 16.4. The van der Waals surface area contributed by atoms with E-state index in [-0.39, 0.29) is 0 Å². The van der Waals surface area contributed by atoms with Crippen molar-refractivity contribution in [1.82, 2.24) is 0 Å². The highest BCUT2D eigenvalue weighted by atomic mass is 14.3. The number of terminal acetylenes is 2. The van der Waals surface area contributed by atoms with Gasteiger partial charge in [-0.1, -0.05) is 112 Å². The Morgan fingerprint density at radius 3 is 1.79 bits per heavy atom. The highest BCUT2D eigenvalue weighted by molar-refractivity contribution is 5.49. The first-order chi connectivity index (χ1) is 16.7. The summed E-state index contributed by atoms with van der Waals surface area (Å²) in [7, 11) is 0. The third-order valence-electron chi connectivity index (χ3n) is 5.93. The van der Waals surface area contributed by atoms with E-state index in [4.69, 9.17) is 12.8 Å². The zero-order chi connectivity index (χ0) is 24.4. The van der Waals surface area contributed by atoms with Crippen molar-refractivity contribution in [3.63, 3.8) is 0 Å². The summed E-state index contributed by atoms with van der Waals surface area (Å²) in [5.74, 6) is 6.00. The van der Waals surface area contributed by atoms with Gasteiger partial charge in [-0.2, -0.15) is 0 Å². The Hall–Kier alpha value is -3.22. The van der Waals surface area contributed by atoms with E-state index in [9.17, 15) is 0 Å². The number of unbranched alkanes of at least 4 members (excludes halogenated alkanes) is 3. The maximum Gasteiger partial charge on any atom is 0.0278 e. The molecule has 0 radical (unpaired) electrons. The molecule has 0 bridgehead atoms. The monoisotopic (exact) mass is 448 g/mol. The molecule has 0 amide bonds. The first-order valence-corrected chi connectivity index (χ1v) is 12.9. The summed E-state index contributed by atoms with van der Waals surface area (Å²) in [6.07, 6.45) is 22.4. The lowest BCUT2D eigenvalue weighted by Crippen LogP contribution is -1.88. The highest BCUT2D eigenvalue weighted by Crippen LogP contribution is 2.41. The average Bonchev–Trinajstić information content (AvgIpc) is 3.74. The van der Waals surface area contributed by atoms with Crippen molar-refractivity contribution in [3.05, 3.63) is 107 Å². The smallest absolute Gasteiger partial charge is 0.0278 e. The molecule has 4 rings (SSSR count). The minimum absolute atomic E-state index is 0.666. The van der Waals surface area contributed by atoms with Gasteiger partial charge in [-0.3, -0.25) is 0 Å². The molecule has 0 nitrogen and oxygen atoms in total. The van der Waals surface area contributed by atoms with E-state index in [1.807, 2.05) is 18.2 Å². The van der Waals surface area contributed by atoms with Crippen molar-refractivity contribution in [2.24, 2.45) is 0 Å². The average molecular weight is 449 g/mol. The van der Waals surface area contributed by atoms with Crippen LogP contribution in [0.5, 0.6) is 0 Å². The number of hydrogen-bond donors (Lipinski definition) is 0. The Morgan fingerprint density at radius 2 is 1.29 bits per heavy atom. The summed E-state index contributed by atoms with van der Waals surface area (Å²) in [5.41, 5.74) is 6.12. The molecule has 0 saturated heterocycles. The van der Waals surface area contributed by atoms with Gasteiger partial charge in [-0.25, -0.2) is 0 Å². The molecule has 176 valence electrons. The van der Waals surface area contributed by atoms with Crippen molar-refractivity contribution in [3.8, 4) is 24.7 Å². The Labute approximate surface area is 208 Å². The molecule has 1 aliphatic rings. The summed E-state index contributed by atoms with van der Waals surface area (Å²) >= 11 is 0. The molecule has 1 saturated carbocycles. The van der Waals surface area contributed by atoms with E-state index in [1.54, 1.807) is 0 Å². The molecule has 1 aliphatic carbocycles. The molecular weight excluding hydrogens is 408 g/mol. The van der Waals surface area contributed by atoms with E-state index in [0.29, 0.717) is 5.92 Å². The maximum absolute atomic E-state index is 5.41. The summed E-state index contributed by atoms with van der Waals surface area (Å²) < 4.78 is 0. The predicted octanol–water partition coefficient (Wildman–Crippen LogP) is 8.98. The van der Waals surface area contributed by atoms with Crippen LogP contribution in [0.4, 0.5) is 0 Å². The van der Waals surface area contributed by atoms with E-state index in [0.717, 1.165) is 11.1 Å². The lowest BCUT2D eigenvalue weighted by molar-refractivity contribution is 0.667. The Balaban J connectivity index is 0.000000183. The predicted molar refractivity (Wildman–Crippen MR) is 149 cm³/mol. The van der Waals surface area contributed by atoms with Gasteiger partial charge >= 0.3 is 0 Å². The summed E-state index contributed by atoms with van der Waals surface area (Å²) in [5, 5.41) is 0. The van der Waals surface area contributed by atoms with Gasteiger partial charge in [-0.15, -0.1) is 12.8 Å². The quantitative estimate of drug-likeness (QED) is 0.238. The number of benzene rings is 3. The molecule has 0 heteroatoms. The molecule has 0 N–H and O–H groups in total. The Bertz CT molecular complexity index is 1010. The molecule has 0 spiro atoms. The SMILES string of the molecule is C#Cc1ccc(C#C)c(C2CC2)c1.CCCCCCc1ccccc1.CCCc1ccccc1. The summed E-state index contributed by atoms with van der Waals surface area (Å²) in [4.78, 5) is 0. The lowest BCUT2D eigenvalue weighted by atomic mass is 10.0. The van der Waals surface area contributed by atoms with Crippen LogP contribution in [0.1, 0.15) is 92.5 Å². The van der Waals surface area contributed by atoms with Crippen LogP contribution >= 0.6 is 0 Å². The van der Waals surface area contributed by atoms with Crippen LogP contribution in [0.3, 0.4) is 0 Å². The van der Waals surface area contributed by atoms with Crippen molar-refractivity contribution >= 4 is 0 Å². The molecule has 34 heavy (non-hydrogen) atoms. The van der Waals surface area contributed by atoms with Gasteiger partial charge in [0.2, 0.25) is 0 Å². The van der Waals surface area contributed by atoms with E-state index < -0.39 is 0 Å². The van der Waals surface area contributed by atoms with Crippen molar-refractivity contribution in [2.45, 2.75) is 77.6 Å². The number of aryl methyl sites for hydroxylation is 2. The second-order valence-corrected chi connectivity index (χ2v) is 8.90. The van der Waals surface area contributed by atoms with Crippen LogP contribution in [-0.2, 0) is 12.8 Å². The lowest BCUT2D eigenvalue weighted by Gasteiger charge is -2.02. The number of rotatable bonds is 8. The molecule has 3 aromatic carbocycles. The largest absolute Gasteiger partial charge is 0.115 e. The van der Waals surface area contributed by atoms with E-state index >= 15 is 0 Å². The fourth-order valence-corrected chi connectivity index (χ4v) is 3.85. The maximum atomic E-state index is 5.41. The molecule has 1 fully saturated rings.